The smallest absolute Gasteiger partial charge is 0.365 e. The standard InChI is InChI=1S/C21H22F3N5O3S/c1-12(14-4-3-5-15(10-14)21(22,23)24)25-19-16-11-17(29-6-8-33(31,32)9-7-29)20(30)26-18(16)13(2)27-28-19/h3-5,10-12H,6-9H2,1-2H3,(H,25,28)(H,26,30)/t12-/m1/s1. The topological polar surface area (TPSA) is 108 Å². The third kappa shape index (κ3) is 4.80. The van der Waals surface area contributed by atoms with E-state index in [4.69, 9.17) is 0 Å². The van der Waals surface area contributed by atoms with Crippen molar-refractivity contribution in [1.82, 2.24) is 15.2 Å². The molecule has 12 heteroatoms. The van der Waals surface area contributed by atoms with E-state index in [2.05, 4.69) is 20.5 Å². The number of fused-ring (bicyclic) bond motifs is 1. The molecule has 1 aliphatic heterocycles. The van der Waals surface area contributed by atoms with E-state index in [1.54, 1.807) is 30.9 Å². The van der Waals surface area contributed by atoms with Crippen molar-refractivity contribution in [2.24, 2.45) is 0 Å². The van der Waals surface area contributed by atoms with Crippen molar-refractivity contribution in [2.75, 3.05) is 34.8 Å². The highest BCUT2D eigenvalue weighted by atomic mass is 32.2. The molecule has 0 unspecified atom stereocenters. The van der Waals surface area contributed by atoms with Gasteiger partial charge in [-0.2, -0.15) is 18.3 Å². The zero-order valence-corrected chi connectivity index (χ0v) is 18.7. The maximum Gasteiger partial charge on any atom is 0.416 e. The number of hydrogen-bond donors (Lipinski definition) is 2. The van der Waals surface area contributed by atoms with Gasteiger partial charge in [0.1, 0.15) is 5.69 Å². The van der Waals surface area contributed by atoms with E-state index in [0.29, 0.717) is 33.7 Å². The molecule has 3 aromatic rings. The molecule has 2 aromatic heterocycles. The van der Waals surface area contributed by atoms with Gasteiger partial charge in [0, 0.05) is 18.5 Å². The van der Waals surface area contributed by atoms with Gasteiger partial charge in [-0.15, -0.1) is 5.10 Å². The van der Waals surface area contributed by atoms with Crippen LogP contribution in [0.5, 0.6) is 0 Å². The van der Waals surface area contributed by atoms with Crippen molar-refractivity contribution in [3.05, 3.63) is 57.5 Å². The average Bonchev–Trinajstić information content (AvgIpc) is 2.75. The fraction of sp³-hybridized carbons (Fsp3) is 0.381. The highest BCUT2D eigenvalue weighted by molar-refractivity contribution is 7.91. The van der Waals surface area contributed by atoms with Crippen molar-refractivity contribution in [2.45, 2.75) is 26.1 Å². The first-order valence-corrected chi connectivity index (χ1v) is 12.1. The van der Waals surface area contributed by atoms with Gasteiger partial charge in [0.05, 0.1) is 34.3 Å². The van der Waals surface area contributed by atoms with Crippen LogP contribution in [-0.2, 0) is 16.0 Å². The summed E-state index contributed by atoms with van der Waals surface area (Å²) in [4.78, 5) is 17.2. The van der Waals surface area contributed by atoms with E-state index < -0.39 is 27.6 Å². The first-order chi connectivity index (χ1) is 15.4. The molecule has 2 N–H and O–H groups in total. The molecule has 33 heavy (non-hydrogen) atoms. The zero-order chi connectivity index (χ0) is 24.0. The van der Waals surface area contributed by atoms with E-state index in [1.807, 2.05) is 0 Å². The Morgan fingerprint density at radius 1 is 1.15 bits per heavy atom. The van der Waals surface area contributed by atoms with Gasteiger partial charge in [-0.1, -0.05) is 12.1 Å². The van der Waals surface area contributed by atoms with E-state index >= 15 is 0 Å². The summed E-state index contributed by atoms with van der Waals surface area (Å²) in [6.45, 7) is 3.76. The lowest BCUT2D eigenvalue weighted by Gasteiger charge is -2.28. The van der Waals surface area contributed by atoms with Crippen molar-refractivity contribution in [3.63, 3.8) is 0 Å². The fourth-order valence-corrected chi connectivity index (χ4v) is 4.99. The molecule has 1 fully saturated rings. The van der Waals surface area contributed by atoms with Gasteiger partial charge in [-0.05, 0) is 37.6 Å². The summed E-state index contributed by atoms with van der Waals surface area (Å²) in [5.74, 6) is 0.202. The highest BCUT2D eigenvalue weighted by Crippen LogP contribution is 2.32. The highest BCUT2D eigenvalue weighted by Gasteiger charge is 2.31. The average molecular weight is 482 g/mol. The number of aryl methyl sites for hydroxylation is 1. The maximum atomic E-state index is 13.1. The summed E-state index contributed by atoms with van der Waals surface area (Å²) in [5, 5.41) is 11.8. The van der Waals surface area contributed by atoms with Gasteiger partial charge < -0.3 is 15.2 Å². The number of pyridine rings is 1. The number of nitrogens with zero attached hydrogens (tertiary/aromatic N) is 3. The minimum Gasteiger partial charge on any atom is -0.365 e. The predicted octanol–water partition coefficient (Wildman–Crippen LogP) is 3.05. The monoisotopic (exact) mass is 481 g/mol. The van der Waals surface area contributed by atoms with E-state index in [-0.39, 0.29) is 30.2 Å². The summed E-state index contributed by atoms with van der Waals surface area (Å²) in [6.07, 6.45) is -4.46. The number of anilines is 2. The summed E-state index contributed by atoms with van der Waals surface area (Å²) in [7, 11) is -3.12. The molecule has 1 atom stereocenters. The normalized spacial score (nSPS) is 17.2. The van der Waals surface area contributed by atoms with Gasteiger partial charge in [-0.25, -0.2) is 8.42 Å². The van der Waals surface area contributed by atoms with Gasteiger partial charge in [0.25, 0.3) is 5.56 Å². The first kappa shape index (κ1) is 23.0. The van der Waals surface area contributed by atoms with E-state index in [0.717, 1.165) is 12.1 Å². The Labute approximate surface area is 187 Å². The molecule has 1 saturated heterocycles. The quantitative estimate of drug-likeness (QED) is 0.590. The molecule has 8 nitrogen and oxygen atoms in total. The third-order valence-electron chi connectivity index (χ3n) is 5.69. The van der Waals surface area contributed by atoms with Crippen molar-refractivity contribution in [3.8, 4) is 0 Å². The van der Waals surface area contributed by atoms with Crippen LogP contribution >= 0.6 is 0 Å². The van der Waals surface area contributed by atoms with Crippen LogP contribution in [0.3, 0.4) is 0 Å². The Kier molecular flexibility index (Phi) is 5.81. The predicted molar refractivity (Wildman–Crippen MR) is 119 cm³/mol. The van der Waals surface area contributed by atoms with Crippen molar-refractivity contribution < 1.29 is 21.6 Å². The van der Waals surface area contributed by atoms with Gasteiger partial charge in [0.15, 0.2) is 15.7 Å². The third-order valence-corrected chi connectivity index (χ3v) is 7.30. The van der Waals surface area contributed by atoms with Crippen molar-refractivity contribution in [1.29, 1.82) is 0 Å². The molecule has 0 aliphatic carbocycles. The van der Waals surface area contributed by atoms with Crippen molar-refractivity contribution >= 4 is 32.2 Å². The second-order valence-electron chi connectivity index (χ2n) is 8.03. The number of nitrogens with one attached hydrogen (secondary N) is 2. The molecule has 4 rings (SSSR count). The largest absolute Gasteiger partial charge is 0.416 e. The second-order valence-corrected chi connectivity index (χ2v) is 10.3. The molecule has 176 valence electrons. The molecule has 0 bridgehead atoms. The number of aromatic amines is 1. The van der Waals surface area contributed by atoms with Crippen LogP contribution in [0.2, 0.25) is 0 Å². The number of rotatable bonds is 4. The van der Waals surface area contributed by atoms with E-state index in [9.17, 15) is 26.4 Å². The maximum absolute atomic E-state index is 13.1. The molecule has 1 aromatic carbocycles. The lowest BCUT2D eigenvalue weighted by Crippen LogP contribution is -2.42. The van der Waals surface area contributed by atoms with Gasteiger partial charge >= 0.3 is 6.18 Å². The summed E-state index contributed by atoms with van der Waals surface area (Å²) < 4.78 is 62.8. The Bertz CT molecular complexity index is 1360. The fourth-order valence-electron chi connectivity index (χ4n) is 3.79. The molecule has 0 spiro atoms. The number of benzene rings is 1. The SMILES string of the molecule is Cc1nnc(N[C@H](C)c2cccc(C(F)(F)F)c2)c2cc(N3CCS(=O)(=O)CC3)c(=O)[nH]c12. The minimum absolute atomic E-state index is 0.0458. The molecule has 3 heterocycles. The Balaban J connectivity index is 1.71. The van der Waals surface area contributed by atoms with Crippen LogP contribution in [0.4, 0.5) is 24.7 Å². The lowest BCUT2D eigenvalue weighted by molar-refractivity contribution is -0.137. The van der Waals surface area contributed by atoms with E-state index in [1.165, 1.54) is 6.07 Å². The Morgan fingerprint density at radius 2 is 1.85 bits per heavy atom. The number of sulfone groups is 1. The number of halogens is 3. The first-order valence-electron chi connectivity index (χ1n) is 10.2. The number of H-pyrrole nitrogens is 1. The molecule has 1 aliphatic rings. The lowest BCUT2D eigenvalue weighted by atomic mass is 10.0. The molecular formula is C21H22F3N5O3S. The van der Waals surface area contributed by atoms with Crippen LogP contribution in [0.15, 0.2) is 35.1 Å². The summed E-state index contributed by atoms with van der Waals surface area (Å²) in [5.41, 5.74) is 0.509. The molecular weight excluding hydrogens is 459 g/mol. The van der Waals surface area contributed by atoms with Crippen LogP contribution < -0.4 is 15.8 Å². The van der Waals surface area contributed by atoms with Gasteiger partial charge in [-0.3, -0.25) is 4.79 Å². The number of alkyl halides is 3. The van der Waals surface area contributed by atoms with Crippen LogP contribution in [0.1, 0.15) is 29.8 Å². The summed E-state index contributed by atoms with van der Waals surface area (Å²) >= 11 is 0. The van der Waals surface area contributed by atoms with Crippen LogP contribution in [-0.4, -0.2) is 48.2 Å². The minimum atomic E-state index is -4.46. The molecule has 0 amide bonds. The Morgan fingerprint density at radius 3 is 2.52 bits per heavy atom. The van der Waals surface area contributed by atoms with Gasteiger partial charge in [0.2, 0.25) is 0 Å². The molecule has 0 saturated carbocycles. The second kappa shape index (κ2) is 8.32. The zero-order valence-electron chi connectivity index (χ0n) is 17.9. The molecule has 0 radical (unpaired) electrons. The Hall–Kier alpha value is -3.15. The summed E-state index contributed by atoms with van der Waals surface area (Å²) in [6, 6.07) is 6.08. The van der Waals surface area contributed by atoms with Crippen LogP contribution in [0, 0.1) is 6.92 Å². The number of aromatic nitrogens is 3. The number of hydrogen-bond acceptors (Lipinski definition) is 7. The van der Waals surface area contributed by atoms with Crippen LogP contribution in [0.25, 0.3) is 10.9 Å².